The molecular formula is C24H28O11. The third kappa shape index (κ3) is 6.62. The van der Waals surface area contributed by atoms with Crippen LogP contribution in [0.4, 0.5) is 0 Å². The second kappa shape index (κ2) is 11.9. The van der Waals surface area contributed by atoms with Crippen molar-refractivity contribution in [2.24, 2.45) is 0 Å². The van der Waals surface area contributed by atoms with Gasteiger partial charge in [-0.3, -0.25) is 0 Å². The maximum absolute atomic E-state index is 12.4. The Labute approximate surface area is 201 Å². The molecule has 0 saturated carbocycles. The molecule has 35 heavy (non-hydrogen) atoms. The number of carbonyl (C=O) groups is 1. The number of aliphatic hydroxyl groups excluding tert-OH is 3. The van der Waals surface area contributed by atoms with E-state index in [4.69, 9.17) is 18.9 Å². The maximum atomic E-state index is 12.4. The van der Waals surface area contributed by atoms with Crippen molar-refractivity contribution in [1.82, 2.24) is 0 Å². The fourth-order valence-corrected chi connectivity index (χ4v) is 3.47. The van der Waals surface area contributed by atoms with E-state index in [2.05, 4.69) is 0 Å². The monoisotopic (exact) mass is 492 g/mol. The molecule has 0 aromatic heterocycles. The number of hydrogen-bond acceptors (Lipinski definition) is 11. The summed E-state index contributed by atoms with van der Waals surface area (Å²) in [6, 6.07) is 8.70. The first kappa shape index (κ1) is 26.3. The SMILES string of the molecule is COc1cc(C=CC(=O)O[C@H]2[C@@H](OCCc3ccc(O)c(O)c3)O[C@H](CO)[C@@H](O)[C@@H]2O)ccc1O. The lowest BCUT2D eigenvalue weighted by Gasteiger charge is -2.41. The Morgan fingerprint density at radius 3 is 2.46 bits per heavy atom. The summed E-state index contributed by atoms with van der Waals surface area (Å²) in [5.74, 6) is -1.27. The molecule has 11 heteroatoms. The first-order chi connectivity index (χ1) is 16.7. The number of ether oxygens (including phenoxy) is 4. The van der Waals surface area contributed by atoms with E-state index in [-0.39, 0.29) is 36.0 Å². The summed E-state index contributed by atoms with van der Waals surface area (Å²) in [7, 11) is 1.39. The number of phenols is 3. The van der Waals surface area contributed by atoms with Crippen LogP contribution in [0.25, 0.3) is 6.08 Å². The van der Waals surface area contributed by atoms with Crippen molar-refractivity contribution in [1.29, 1.82) is 0 Å². The largest absolute Gasteiger partial charge is 0.504 e. The maximum Gasteiger partial charge on any atom is 0.331 e. The van der Waals surface area contributed by atoms with Crippen LogP contribution < -0.4 is 4.74 Å². The number of methoxy groups -OCH3 is 1. The van der Waals surface area contributed by atoms with Gasteiger partial charge in [0, 0.05) is 6.08 Å². The second-order valence-electron chi connectivity index (χ2n) is 7.82. The van der Waals surface area contributed by atoms with Gasteiger partial charge in [0.2, 0.25) is 0 Å². The summed E-state index contributed by atoms with van der Waals surface area (Å²) in [5.41, 5.74) is 1.17. The van der Waals surface area contributed by atoms with Crippen molar-refractivity contribution in [3.8, 4) is 23.0 Å². The van der Waals surface area contributed by atoms with Gasteiger partial charge in [0.1, 0.15) is 18.3 Å². The predicted octanol–water partition coefficient (Wildman–Crippen LogP) is 0.435. The lowest BCUT2D eigenvalue weighted by atomic mass is 9.99. The van der Waals surface area contributed by atoms with E-state index < -0.39 is 43.3 Å². The highest BCUT2D eigenvalue weighted by atomic mass is 16.7. The Morgan fingerprint density at radius 1 is 1.03 bits per heavy atom. The van der Waals surface area contributed by atoms with Crippen LogP contribution in [0.2, 0.25) is 0 Å². The Bertz CT molecular complexity index is 1040. The van der Waals surface area contributed by atoms with Crippen molar-refractivity contribution >= 4 is 12.0 Å². The molecule has 5 atom stereocenters. The summed E-state index contributed by atoms with van der Waals surface area (Å²) in [6.07, 6.45) is -4.25. The van der Waals surface area contributed by atoms with Gasteiger partial charge < -0.3 is 49.6 Å². The predicted molar refractivity (Wildman–Crippen MR) is 121 cm³/mol. The standard InChI is InChI=1S/C24H28O11/c1-32-18-11-13(3-6-16(18)27)4-7-20(29)35-23-22(31)21(30)19(12-25)34-24(23)33-9-8-14-2-5-15(26)17(28)10-14/h2-7,10-11,19,21-28,30-31H,8-9,12H2,1H3/t19-,21-,22+,23-,24+/m1/s1. The highest BCUT2D eigenvalue weighted by Gasteiger charge is 2.47. The average Bonchev–Trinajstić information content (AvgIpc) is 2.85. The second-order valence-corrected chi connectivity index (χ2v) is 7.82. The van der Waals surface area contributed by atoms with Crippen LogP contribution in [0, 0.1) is 0 Å². The number of carbonyl (C=O) groups excluding carboxylic acids is 1. The van der Waals surface area contributed by atoms with E-state index in [1.807, 2.05) is 0 Å². The van der Waals surface area contributed by atoms with Crippen LogP contribution in [0.3, 0.4) is 0 Å². The molecule has 0 amide bonds. The van der Waals surface area contributed by atoms with Gasteiger partial charge in [0.05, 0.1) is 20.3 Å². The fraction of sp³-hybridized carbons (Fsp3) is 0.375. The molecule has 190 valence electrons. The number of aromatic hydroxyl groups is 3. The van der Waals surface area contributed by atoms with Gasteiger partial charge in [0.25, 0.3) is 0 Å². The molecule has 0 radical (unpaired) electrons. The topological polar surface area (TPSA) is 175 Å². The zero-order chi connectivity index (χ0) is 25.5. The highest BCUT2D eigenvalue weighted by molar-refractivity contribution is 5.87. The zero-order valence-electron chi connectivity index (χ0n) is 18.9. The number of hydrogen-bond donors (Lipinski definition) is 6. The number of phenolic OH excluding ortho intramolecular Hbond substituents is 3. The Hall–Kier alpha value is -3.35. The number of benzene rings is 2. The summed E-state index contributed by atoms with van der Waals surface area (Å²) in [5, 5.41) is 58.8. The molecule has 0 spiro atoms. The molecule has 2 aromatic carbocycles. The molecule has 0 aliphatic carbocycles. The van der Waals surface area contributed by atoms with Crippen molar-refractivity contribution in [2.75, 3.05) is 20.3 Å². The number of rotatable bonds is 9. The van der Waals surface area contributed by atoms with Crippen LogP contribution in [-0.2, 0) is 25.4 Å². The Morgan fingerprint density at radius 2 is 1.77 bits per heavy atom. The summed E-state index contributed by atoms with van der Waals surface area (Å²) >= 11 is 0. The minimum Gasteiger partial charge on any atom is -0.504 e. The van der Waals surface area contributed by atoms with Gasteiger partial charge >= 0.3 is 5.97 Å². The van der Waals surface area contributed by atoms with Gasteiger partial charge in [-0.05, 0) is 47.9 Å². The molecule has 0 unspecified atom stereocenters. The molecule has 1 heterocycles. The van der Waals surface area contributed by atoms with Gasteiger partial charge in [-0.25, -0.2) is 4.79 Å². The van der Waals surface area contributed by atoms with Crippen LogP contribution in [0.5, 0.6) is 23.0 Å². The highest BCUT2D eigenvalue weighted by Crippen LogP contribution is 2.28. The minimum atomic E-state index is -1.60. The molecule has 1 saturated heterocycles. The van der Waals surface area contributed by atoms with Crippen molar-refractivity contribution in [3.05, 3.63) is 53.6 Å². The van der Waals surface area contributed by atoms with Crippen LogP contribution in [-0.4, -0.2) is 87.6 Å². The van der Waals surface area contributed by atoms with E-state index in [0.717, 1.165) is 6.08 Å². The molecule has 6 N–H and O–H groups in total. The lowest BCUT2D eigenvalue weighted by molar-refractivity contribution is -0.303. The summed E-state index contributed by atoms with van der Waals surface area (Å²) < 4.78 is 21.4. The lowest BCUT2D eigenvalue weighted by Crippen LogP contribution is -2.60. The van der Waals surface area contributed by atoms with E-state index in [1.165, 1.54) is 37.5 Å². The zero-order valence-corrected chi connectivity index (χ0v) is 18.9. The fourth-order valence-electron chi connectivity index (χ4n) is 3.47. The molecule has 2 aromatic rings. The van der Waals surface area contributed by atoms with Crippen molar-refractivity contribution < 1.29 is 54.4 Å². The number of esters is 1. The van der Waals surface area contributed by atoms with E-state index >= 15 is 0 Å². The number of aliphatic hydroxyl groups is 3. The van der Waals surface area contributed by atoms with Crippen molar-refractivity contribution in [3.63, 3.8) is 0 Å². The van der Waals surface area contributed by atoms with E-state index in [1.54, 1.807) is 12.1 Å². The molecule has 11 nitrogen and oxygen atoms in total. The van der Waals surface area contributed by atoms with E-state index in [9.17, 15) is 35.4 Å². The third-order valence-electron chi connectivity index (χ3n) is 5.41. The van der Waals surface area contributed by atoms with E-state index in [0.29, 0.717) is 11.1 Å². The van der Waals surface area contributed by atoms with Crippen LogP contribution in [0.15, 0.2) is 42.5 Å². The minimum absolute atomic E-state index is 0.00698. The molecule has 1 aliphatic heterocycles. The third-order valence-corrected chi connectivity index (χ3v) is 5.41. The quantitative estimate of drug-likeness (QED) is 0.163. The summed E-state index contributed by atoms with van der Waals surface area (Å²) in [4.78, 5) is 12.4. The first-order valence-electron chi connectivity index (χ1n) is 10.7. The van der Waals surface area contributed by atoms with Crippen LogP contribution >= 0.6 is 0 Å². The van der Waals surface area contributed by atoms with Crippen molar-refractivity contribution in [2.45, 2.75) is 37.1 Å². The molecule has 1 fully saturated rings. The van der Waals surface area contributed by atoms with Gasteiger partial charge in [-0.1, -0.05) is 12.1 Å². The Kier molecular flexibility index (Phi) is 8.90. The summed E-state index contributed by atoms with van der Waals surface area (Å²) in [6.45, 7) is -0.597. The van der Waals surface area contributed by atoms with Gasteiger partial charge in [0.15, 0.2) is 35.4 Å². The molecule has 1 aliphatic rings. The van der Waals surface area contributed by atoms with Gasteiger partial charge in [-0.15, -0.1) is 0 Å². The molecule has 3 rings (SSSR count). The van der Waals surface area contributed by atoms with Crippen LogP contribution in [0.1, 0.15) is 11.1 Å². The van der Waals surface area contributed by atoms with Gasteiger partial charge in [-0.2, -0.15) is 0 Å². The molecule has 0 bridgehead atoms. The Balaban J connectivity index is 1.67. The molecular weight excluding hydrogens is 464 g/mol. The first-order valence-corrected chi connectivity index (χ1v) is 10.7. The normalized spacial score (nSPS) is 24.4. The average molecular weight is 492 g/mol. The smallest absolute Gasteiger partial charge is 0.331 e.